The highest BCUT2D eigenvalue weighted by Crippen LogP contribution is 2.27. The third-order valence-corrected chi connectivity index (χ3v) is 6.94. The molecule has 2 aliphatic heterocycles. The first kappa shape index (κ1) is 17.4. The molecule has 4 rings (SSSR count). The number of hydrogen-bond donors (Lipinski definition) is 0. The van der Waals surface area contributed by atoms with E-state index in [2.05, 4.69) is 21.5 Å². The molecule has 1 aromatic rings. The molecule has 25 heavy (non-hydrogen) atoms. The van der Waals surface area contributed by atoms with E-state index < -0.39 is 0 Å². The van der Waals surface area contributed by atoms with E-state index in [1.165, 1.54) is 36.2 Å². The molecule has 0 N–H and O–H groups in total. The Morgan fingerprint density at radius 3 is 2.80 bits per heavy atom. The molecular weight excluding hydrogens is 332 g/mol. The van der Waals surface area contributed by atoms with Crippen LogP contribution >= 0.6 is 11.8 Å². The van der Waals surface area contributed by atoms with Crippen molar-refractivity contribution in [1.29, 1.82) is 0 Å². The molecule has 1 unspecified atom stereocenters. The van der Waals surface area contributed by atoms with Crippen LogP contribution < -0.4 is 0 Å². The van der Waals surface area contributed by atoms with Gasteiger partial charge in [-0.05, 0) is 50.6 Å². The molecule has 0 spiro atoms. The lowest BCUT2D eigenvalue weighted by Gasteiger charge is -2.36. The number of amides is 1. The van der Waals surface area contributed by atoms with E-state index in [-0.39, 0.29) is 5.92 Å². The van der Waals surface area contributed by atoms with Crippen molar-refractivity contribution in [3.8, 4) is 0 Å². The van der Waals surface area contributed by atoms with Gasteiger partial charge in [0.25, 0.3) is 0 Å². The summed E-state index contributed by atoms with van der Waals surface area (Å²) in [4.78, 5) is 17.5. The molecule has 5 nitrogen and oxygen atoms in total. The van der Waals surface area contributed by atoms with Gasteiger partial charge in [0.15, 0.2) is 0 Å². The van der Waals surface area contributed by atoms with Crippen molar-refractivity contribution in [2.24, 2.45) is 13.0 Å². The van der Waals surface area contributed by atoms with Crippen LogP contribution in [0.25, 0.3) is 0 Å². The van der Waals surface area contributed by atoms with Crippen LogP contribution in [-0.4, -0.2) is 63.2 Å². The van der Waals surface area contributed by atoms with Gasteiger partial charge in [0.2, 0.25) is 5.91 Å². The van der Waals surface area contributed by atoms with Crippen molar-refractivity contribution < 1.29 is 4.79 Å². The van der Waals surface area contributed by atoms with Crippen molar-refractivity contribution in [1.82, 2.24) is 19.6 Å². The largest absolute Gasteiger partial charge is 0.341 e. The van der Waals surface area contributed by atoms with Gasteiger partial charge in [0.1, 0.15) is 0 Å². The van der Waals surface area contributed by atoms with Gasteiger partial charge in [-0.25, -0.2) is 0 Å². The van der Waals surface area contributed by atoms with Gasteiger partial charge in [-0.2, -0.15) is 16.9 Å². The monoisotopic (exact) mass is 362 g/mol. The van der Waals surface area contributed by atoms with Crippen molar-refractivity contribution in [2.75, 3.05) is 37.7 Å². The number of nitrogens with zero attached hydrogens (tertiary/aromatic N) is 4. The lowest BCUT2D eigenvalue weighted by atomic mass is 9.94. The topological polar surface area (TPSA) is 41.4 Å². The van der Waals surface area contributed by atoms with Crippen molar-refractivity contribution in [3.05, 3.63) is 17.0 Å². The van der Waals surface area contributed by atoms with Gasteiger partial charge < -0.3 is 4.90 Å². The van der Waals surface area contributed by atoms with Gasteiger partial charge in [0.05, 0.1) is 17.3 Å². The summed E-state index contributed by atoms with van der Waals surface area (Å²) < 4.78 is 2.10. The fourth-order valence-corrected chi connectivity index (χ4v) is 5.50. The first-order valence-electron chi connectivity index (χ1n) is 9.85. The van der Waals surface area contributed by atoms with Crippen LogP contribution in [0.1, 0.15) is 42.6 Å². The van der Waals surface area contributed by atoms with Crippen LogP contribution in [0.4, 0.5) is 0 Å². The molecule has 0 aromatic carbocycles. The number of hydrogen-bond acceptors (Lipinski definition) is 4. The predicted molar refractivity (Wildman–Crippen MR) is 102 cm³/mol. The number of rotatable bonds is 3. The number of piperidine rings is 1. The van der Waals surface area contributed by atoms with Crippen LogP contribution in [-0.2, 0) is 31.2 Å². The van der Waals surface area contributed by atoms with Crippen LogP contribution in [0.2, 0.25) is 0 Å². The second-order valence-corrected chi connectivity index (χ2v) is 8.94. The standard InChI is InChI=1S/C19H30N4OS/c1-21-18(16-6-2-3-7-17(16)20-21)14-22-8-4-5-15(13-22)19(24)23-9-11-25-12-10-23/h15H,2-14H2,1H3. The van der Waals surface area contributed by atoms with Crippen LogP contribution in [0.15, 0.2) is 0 Å². The summed E-state index contributed by atoms with van der Waals surface area (Å²) in [6.07, 6.45) is 7.08. The molecule has 138 valence electrons. The minimum atomic E-state index is 0.195. The molecule has 1 aliphatic carbocycles. The Morgan fingerprint density at radius 1 is 1.16 bits per heavy atom. The summed E-state index contributed by atoms with van der Waals surface area (Å²) in [6, 6.07) is 0. The van der Waals surface area contributed by atoms with E-state index in [0.29, 0.717) is 5.91 Å². The van der Waals surface area contributed by atoms with Crippen molar-refractivity contribution >= 4 is 17.7 Å². The highest BCUT2D eigenvalue weighted by atomic mass is 32.2. The lowest BCUT2D eigenvalue weighted by Crippen LogP contribution is -2.47. The van der Waals surface area contributed by atoms with E-state index in [1.807, 2.05) is 11.8 Å². The van der Waals surface area contributed by atoms with Crippen LogP contribution in [0, 0.1) is 5.92 Å². The number of fused-ring (bicyclic) bond motifs is 1. The fraction of sp³-hybridized carbons (Fsp3) is 0.789. The van der Waals surface area contributed by atoms with Crippen molar-refractivity contribution in [3.63, 3.8) is 0 Å². The summed E-state index contributed by atoms with van der Waals surface area (Å²) in [5.41, 5.74) is 4.20. The second kappa shape index (κ2) is 7.70. The molecule has 0 saturated carbocycles. The molecule has 1 aromatic heterocycles. The predicted octanol–water partition coefficient (Wildman–Crippen LogP) is 2.09. The quantitative estimate of drug-likeness (QED) is 0.826. The second-order valence-electron chi connectivity index (χ2n) is 7.71. The third-order valence-electron chi connectivity index (χ3n) is 6.00. The first-order valence-corrected chi connectivity index (χ1v) is 11.0. The molecular formula is C19H30N4OS. The maximum Gasteiger partial charge on any atom is 0.227 e. The van der Waals surface area contributed by atoms with E-state index in [0.717, 1.165) is 63.5 Å². The van der Waals surface area contributed by atoms with Crippen molar-refractivity contribution in [2.45, 2.75) is 45.1 Å². The minimum absolute atomic E-state index is 0.195. The highest BCUT2D eigenvalue weighted by molar-refractivity contribution is 7.99. The van der Waals surface area contributed by atoms with E-state index >= 15 is 0 Å². The highest BCUT2D eigenvalue weighted by Gasteiger charge is 2.31. The van der Waals surface area contributed by atoms with Gasteiger partial charge in [-0.3, -0.25) is 14.4 Å². The Hall–Kier alpha value is -1.01. The summed E-state index contributed by atoms with van der Waals surface area (Å²) in [6.45, 7) is 4.87. The maximum atomic E-state index is 12.9. The Kier molecular flexibility index (Phi) is 5.36. The average molecular weight is 363 g/mol. The summed E-state index contributed by atoms with van der Waals surface area (Å²) in [5, 5.41) is 4.76. The van der Waals surface area contributed by atoms with E-state index in [9.17, 15) is 4.79 Å². The van der Waals surface area contributed by atoms with Gasteiger partial charge in [-0.15, -0.1) is 0 Å². The Labute approximate surface area is 155 Å². The first-order chi connectivity index (χ1) is 12.2. The molecule has 2 fully saturated rings. The summed E-state index contributed by atoms with van der Waals surface area (Å²) in [7, 11) is 2.09. The molecule has 2 saturated heterocycles. The van der Waals surface area contributed by atoms with E-state index in [1.54, 1.807) is 0 Å². The number of thioether (sulfide) groups is 1. The molecule has 6 heteroatoms. The summed E-state index contributed by atoms with van der Waals surface area (Å²) >= 11 is 1.97. The third kappa shape index (κ3) is 3.75. The minimum Gasteiger partial charge on any atom is -0.341 e. The van der Waals surface area contributed by atoms with Crippen LogP contribution in [0.5, 0.6) is 0 Å². The smallest absolute Gasteiger partial charge is 0.227 e. The zero-order valence-corrected chi connectivity index (χ0v) is 16.2. The molecule has 0 radical (unpaired) electrons. The number of carbonyl (C=O) groups excluding carboxylic acids is 1. The Morgan fingerprint density at radius 2 is 1.96 bits per heavy atom. The maximum absolute atomic E-state index is 12.9. The number of likely N-dealkylation sites (tertiary alicyclic amines) is 1. The van der Waals surface area contributed by atoms with E-state index in [4.69, 9.17) is 5.10 Å². The number of aryl methyl sites for hydroxylation is 2. The number of aromatic nitrogens is 2. The zero-order chi connectivity index (χ0) is 17.2. The Bertz CT molecular complexity index is 623. The Balaban J connectivity index is 1.42. The molecule has 0 bridgehead atoms. The molecule has 3 aliphatic rings. The molecule has 1 amide bonds. The normalized spacial score (nSPS) is 25.0. The lowest BCUT2D eigenvalue weighted by molar-refractivity contribution is -0.137. The van der Waals surface area contributed by atoms with Gasteiger partial charge in [0, 0.05) is 44.7 Å². The van der Waals surface area contributed by atoms with Crippen LogP contribution in [0.3, 0.4) is 0 Å². The van der Waals surface area contributed by atoms with Gasteiger partial charge in [-0.1, -0.05) is 0 Å². The number of carbonyl (C=O) groups is 1. The molecule has 3 heterocycles. The SMILES string of the molecule is Cn1nc2c(c1CN1CCCC(C(=O)N3CCSCC3)C1)CCCC2. The average Bonchev–Trinajstić information content (AvgIpc) is 2.97. The summed E-state index contributed by atoms with van der Waals surface area (Å²) in [5.74, 6) is 2.80. The zero-order valence-electron chi connectivity index (χ0n) is 15.4. The molecule has 1 atom stereocenters. The van der Waals surface area contributed by atoms with Gasteiger partial charge >= 0.3 is 0 Å². The fourth-order valence-electron chi connectivity index (χ4n) is 4.60.